The van der Waals surface area contributed by atoms with Gasteiger partial charge >= 0.3 is 11.9 Å². The third-order valence-corrected chi connectivity index (χ3v) is 1.95. The Bertz CT molecular complexity index is 396. The maximum atomic E-state index is 11.0. The second kappa shape index (κ2) is 4.59. The van der Waals surface area contributed by atoms with Gasteiger partial charge in [-0.2, -0.15) is 0 Å². The molecule has 0 amide bonds. The van der Waals surface area contributed by atoms with Crippen LogP contribution in [0, 0.1) is 6.92 Å². The Morgan fingerprint density at radius 3 is 2.60 bits per heavy atom. The third kappa shape index (κ3) is 2.80. The van der Waals surface area contributed by atoms with E-state index < -0.39 is 5.97 Å². The van der Waals surface area contributed by atoms with Crippen LogP contribution in [-0.2, 0) is 4.79 Å². The molecular formula is C11H12O4. The first-order valence-electron chi connectivity index (χ1n) is 4.59. The number of aryl methyl sites for hydroxylation is 1. The number of rotatable bonds is 3. The van der Waals surface area contributed by atoms with E-state index in [0.717, 1.165) is 5.56 Å². The maximum Gasteiger partial charge on any atom is 0.335 e. The number of carboxylic acid groups (broad SMARTS) is 1. The molecule has 0 unspecified atom stereocenters. The third-order valence-electron chi connectivity index (χ3n) is 1.95. The van der Waals surface area contributed by atoms with Gasteiger partial charge in [-0.25, -0.2) is 4.79 Å². The van der Waals surface area contributed by atoms with Gasteiger partial charge in [0.2, 0.25) is 0 Å². The average Bonchev–Trinajstić information content (AvgIpc) is 2.20. The molecule has 0 bridgehead atoms. The van der Waals surface area contributed by atoms with Gasteiger partial charge in [-0.3, -0.25) is 4.79 Å². The van der Waals surface area contributed by atoms with Crippen LogP contribution in [0.15, 0.2) is 18.2 Å². The topological polar surface area (TPSA) is 63.6 Å². The first kappa shape index (κ1) is 11.2. The summed E-state index contributed by atoms with van der Waals surface area (Å²) < 4.78 is 4.98. The van der Waals surface area contributed by atoms with Crippen molar-refractivity contribution in [3.05, 3.63) is 29.3 Å². The van der Waals surface area contributed by atoms with E-state index in [4.69, 9.17) is 9.84 Å². The lowest BCUT2D eigenvalue weighted by Gasteiger charge is -2.06. The van der Waals surface area contributed by atoms with Crippen LogP contribution in [0.1, 0.15) is 29.3 Å². The molecule has 0 saturated carbocycles. The van der Waals surface area contributed by atoms with Crippen LogP contribution in [-0.4, -0.2) is 17.0 Å². The summed E-state index contributed by atoms with van der Waals surface area (Å²) in [7, 11) is 0. The Morgan fingerprint density at radius 2 is 2.07 bits per heavy atom. The lowest BCUT2D eigenvalue weighted by molar-refractivity contribution is -0.134. The molecule has 4 nitrogen and oxygen atoms in total. The number of hydrogen-bond acceptors (Lipinski definition) is 3. The maximum absolute atomic E-state index is 11.0. The van der Waals surface area contributed by atoms with E-state index in [1.807, 2.05) is 0 Å². The first-order chi connectivity index (χ1) is 7.04. The SMILES string of the molecule is CCC(=O)Oc1cc(C(=O)O)ccc1C. The zero-order valence-electron chi connectivity index (χ0n) is 8.61. The number of benzene rings is 1. The van der Waals surface area contributed by atoms with Crippen molar-refractivity contribution in [3.8, 4) is 5.75 Å². The summed E-state index contributed by atoms with van der Waals surface area (Å²) in [5, 5.41) is 8.75. The van der Waals surface area contributed by atoms with Crippen molar-refractivity contribution in [3.63, 3.8) is 0 Å². The van der Waals surface area contributed by atoms with Gasteiger partial charge in [0.15, 0.2) is 0 Å². The summed E-state index contributed by atoms with van der Waals surface area (Å²) >= 11 is 0. The molecule has 1 rings (SSSR count). The van der Waals surface area contributed by atoms with Crippen molar-refractivity contribution in [2.45, 2.75) is 20.3 Å². The Kier molecular flexibility index (Phi) is 3.44. The van der Waals surface area contributed by atoms with Crippen LogP contribution >= 0.6 is 0 Å². The number of carbonyl (C=O) groups excluding carboxylic acids is 1. The molecular weight excluding hydrogens is 196 g/mol. The smallest absolute Gasteiger partial charge is 0.335 e. The van der Waals surface area contributed by atoms with E-state index in [-0.39, 0.29) is 18.0 Å². The molecule has 1 N–H and O–H groups in total. The number of esters is 1. The molecule has 0 fully saturated rings. The van der Waals surface area contributed by atoms with Crippen LogP contribution < -0.4 is 4.74 Å². The van der Waals surface area contributed by atoms with Crippen LogP contribution in [0.4, 0.5) is 0 Å². The quantitative estimate of drug-likeness (QED) is 0.609. The van der Waals surface area contributed by atoms with Gasteiger partial charge in [-0.15, -0.1) is 0 Å². The van der Waals surface area contributed by atoms with E-state index in [0.29, 0.717) is 5.75 Å². The summed E-state index contributed by atoms with van der Waals surface area (Å²) in [6, 6.07) is 4.44. The van der Waals surface area contributed by atoms with Gasteiger partial charge < -0.3 is 9.84 Å². The van der Waals surface area contributed by atoms with Crippen LogP contribution in [0.25, 0.3) is 0 Å². The second-order valence-electron chi connectivity index (χ2n) is 3.11. The van der Waals surface area contributed by atoms with E-state index in [1.54, 1.807) is 19.9 Å². The van der Waals surface area contributed by atoms with Gasteiger partial charge in [0.05, 0.1) is 5.56 Å². The fraction of sp³-hybridized carbons (Fsp3) is 0.273. The number of aromatic carboxylic acids is 1. The summed E-state index contributed by atoms with van der Waals surface area (Å²) in [5.41, 5.74) is 0.848. The normalized spacial score (nSPS) is 9.73. The second-order valence-corrected chi connectivity index (χ2v) is 3.11. The molecule has 0 aliphatic rings. The minimum Gasteiger partial charge on any atom is -0.478 e. The molecule has 0 spiro atoms. The molecule has 80 valence electrons. The van der Waals surface area contributed by atoms with Gasteiger partial charge in [-0.05, 0) is 24.6 Å². The van der Waals surface area contributed by atoms with Crippen LogP contribution in [0.2, 0.25) is 0 Å². The Morgan fingerprint density at radius 1 is 1.40 bits per heavy atom. The Hall–Kier alpha value is -1.84. The predicted molar refractivity (Wildman–Crippen MR) is 54.1 cm³/mol. The van der Waals surface area contributed by atoms with Crippen molar-refractivity contribution < 1.29 is 19.4 Å². The molecule has 0 radical (unpaired) electrons. The fourth-order valence-electron chi connectivity index (χ4n) is 1.04. The van der Waals surface area contributed by atoms with Crippen LogP contribution in [0.5, 0.6) is 5.75 Å². The van der Waals surface area contributed by atoms with Gasteiger partial charge in [0.1, 0.15) is 5.75 Å². The van der Waals surface area contributed by atoms with Gasteiger partial charge in [0.25, 0.3) is 0 Å². The summed E-state index contributed by atoms with van der Waals surface area (Å²) in [6.07, 6.45) is 0.261. The molecule has 0 heterocycles. The number of ether oxygens (including phenoxy) is 1. The van der Waals surface area contributed by atoms with Crippen LogP contribution in [0.3, 0.4) is 0 Å². The summed E-state index contributed by atoms with van der Waals surface area (Å²) in [6.45, 7) is 3.43. The monoisotopic (exact) mass is 208 g/mol. The molecule has 0 atom stereocenters. The van der Waals surface area contributed by atoms with Crippen molar-refractivity contribution >= 4 is 11.9 Å². The molecule has 1 aromatic carbocycles. The van der Waals surface area contributed by atoms with E-state index >= 15 is 0 Å². The highest BCUT2D eigenvalue weighted by Gasteiger charge is 2.09. The lowest BCUT2D eigenvalue weighted by Crippen LogP contribution is -2.07. The highest BCUT2D eigenvalue weighted by Crippen LogP contribution is 2.20. The molecule has 1 aromatic rings. The van der Waals surface area contributed by atoms with Crippen molar-refractivity contribution in [2.75, 3.05) is 0 Å². The van der Waals surface area contributed by atoms with Crippen molar-refractivity contribution in [2.24, 2.45) is 0 Å². The molecule has 0 aromatic heterocycles. The molecule has 0 aliphatic heterocycles. The van der Waals surface area contributed by atoms with Gasteiger partial charge in [0, 0.05) is 6.42 Å². The predicted octanol–water partition coefficient (Wildman–Crippen LogP) is 2.01. The highest BCUT2D eigenvalue weighted by atomic mass is 16.5. The standard InChI is InChI=1S/C11H12O4/c1-3-10(12)15-9-6-8(11(13)14)5-4-7(9)2/h4-6H,3H2,1-2H3,(H,13,14). The zero-order chi connectivity index (χ0) is 11.4. The Balaban J connectivity index is 3.00. The average molecular weight is 208 g/mol. The van der Waals surface area contributed by atoms with Crippen molar-refractivity contribution in [1.29, 1.82) is 0 Å². The zero-order valence-corrected chi connectivity index (χ0v) is 8.61. The number of carboxylic acids is 1. The van der Waals surface area contributed by atoms with E-state index in [2.05, 4.69) is 0 Å². The molecule has 0 saturated heterocycles. The van der Waals surface area contributed by atoms with E-state index in [1.165, 1.54) is 12.1 Å². The summed E-state index contributed by atoms with van der Waals surface area (Å²) in [5.74, 6) is -1.11. The van der Waals surface area contributed by atoms with Gasteiger partial charge in [-0.1, -0.05) is 13.0 Å². The highest BCUT2D eigenvalue weighted by molar-refractivity contribution is 5.88. The number of hydrogen-bond donors (Lipinski definition) is 1. The minimum absolute atomic E-state index is 0.111. The minimum atomic E-state index is -1.04. The first-order valence-corrected chi connectivity index (χ1v) is 4.59. The molecule has 15 heavy (non-hydrogen) atoms. The lowest BCUT2D eigenvalue weighted by atomic mass is 10.1. The van der Waals surface area contributed by atoms with E-state index in [9.17, 15) is 9.59 Å². The van der Waals surface area contributed by atoms with Crippen molar-refractivity contribution in [1.82, 2.24) is 0 Å². The fourth-order valence-corrected chi connectivity index (χ4v) is 1.04. The largest absolute Gasteiger partial charge is 0.478 e. The number of carbonyl (C=O) groups is 2. The Labute approximate surface area is 87.5 Å². The summed E-state index contributed by atoms with van der Waals surface area (Å²) in [4.78, 5) is 21.7. The molecule has 0 aliphatic carbocycles. The molecule has 4 heteroatoms.